The zero-order valence-corrected chi connectivity index (χ0v) is 78.8. The highest BCUT2D eigenvalue weighted by Crippen LogP contribution is 2.38. The number of alkyl halides is 2. The second kappa shape index (κ2) is 49.1. The molecule has 0 spiro atoms. The molecule has 0 unspecified atom stereocenters. The summed E-state index contributed by atoms with van der Waals surface area (Å²) in [6, 6.07) is 55.4. The molecule has 18 rings (SSSR count). The first-order valence-corrected chi connectivity index (χ1v) is 46.2. The van der Waals surface area contributed by atoms with Crippen LogP contribution in [0.4, 0.5) is 47.5 Å². The number of benzene rings is 5. The molecule has 12 aromatic rings. The summed E-state index contributed by atoms with van der Waals surface area (Å²) in [7, 11) is 0. The number of carbonyl (C=O) groups is 6. The number of carbonyl (C=O) groups excluding carboxylic acids is 6. The number of nitrogen functional groups attached to an aromatic ring is 1. The minimum absolute atomic E-state index is 0. The molecule has 4 saturated heterocycles. The summed E-state index contributed by atoms with van der Waals surface area (Å²) in [4.78, 5) is 92.2. The Bertz CT molecular complexity index is 6100. The Morgan fingerprint density at radius 2 is 0.891 bits per heavy atom. The Kier molecular flexibility index (Phi) is 37.2. The van der Waals surface area contributed by atoms with Crippen LogP contribution in [0.25, 0.3) is 28.2 Å². The van der Waals surface area contributed by atoms with Gasteiger partial charge in [0.25, 0.3) is 11.8 Å². The van der Waals surface area contributed by atoms with E-state index in [9.17, 15) is 63.4 Å². The number of Topliss-reactive ketones (excluding diaryl/α,β-unsaturated/α-hetero) is 2. The number of nitrogens with zero attached hydrogens (tertiary/aromatic N) is 19. The van der Waals surface area contributed by atoms with Crippen LogP contribution in [0.3, 0.4) is 0 Å². The van der Waals surface area contributed by atoms with E-state index in [0.717, 1.165) is 112 Å². The van der Waals surface area contributed by atoms with Gasteiger partial charge in [0.05, 0.1) is 136 Å². The number of fused-ring (bicyclic) bond motifs is 2. The molecule has 4 amide bonds. The van der Waals surface area contributed by atoms with Crippen molar-refractivity contribution in [3.8, 4) is 40.3 Å². The smallest absolute Gasteiger partial charge is 0.417 e. The lowest BCUT2D eigenvalue weighted by molar-refractivity contribution is -0.119. The number of H-pyrrole nitrogens is 1. The first-order valence-electron chi connectivity index (χ1n) is 44.7. The van der Waals surface area contributed by atoms with Gasteiger partial charge >= 0.3 is 12.2 Å². The highest BCUT2D eigenvalue weighted by molar-refractivity contribution is 6.35. The average Bonchev–Trinajstić information content (AvgIpc) is 1.64. The molecule has 720 valence electrons. The molecule has 37 heteroatoms. The minimum atomic E-state index is -0.818. The van der Waals surface area contributed by atoms with Crippen LogP contribution in [-0.4, -0.2) is 214 Å². The van der Waals surface area contributed by atoms with Crippen molar-refractivity contribution in [1.29, 1.82) is 10.5 Å². The molecule has 0 aliphatic carbocycles. The number of aromatic nitrogens is 12. The third-order valence-corrected chi connectivity index (χ3v) is 22.9. The Morgan fingerprint density at radius 3 is 1.30 bits per heavy atom. The van der Waals surface area contributed by atoms with Gasteiger partial charge < -0.3 is 50.1 Å². The van der Waals surface area contributed by atoms with Crippen LogP contribution < -0.4 is 25.3 Å². The number of imide groups is 2. The maximum Gasteiger partial charge on any atom is 0.417 e. The zero-order valence-electron chi connectivity index (χ0n) is 76.5. The Hall–Kier alpha value is -13.7. The Balaban J connectivity index is 0.000000161. The van der Waals surface area contributed by atoms with E-state index in [0.29, 0.717) is 86.5 Å². The third-order valence-electron chi connectivity index (χ3n) is 22.2. The molecular weight excluding hydrogens is 1820 g/mol. The maximum absolute atomic E-state index is 15.0. The van der Waals surface area contributed by atoms with Gasteiger partial charge in [-0.05, 0) is 139 Å². The number of amides is 4. The van der Waals surface area contributed by atoms with Crippen LogP contribution in [0.1, 0.15) is 173 Å². The second-order valence-corrected chi connectivity index (χ2v) is 35.9. The predicted octanol–water partition coefficient (Wildman–Crippen LogP) is 16.4. The molecule has 0 bridgehead atoms. The molecule has 4 fully saturated rings. The van der Waals surface area contributed by atoms with Gasteiger partial charge in [0, 0.05) is 139 Å². The fourth-order valence-electron chi connectivity index (χ4n) is 15.3. The lowest BCUT2D eigenvalue weighted by Gasteiger charge is -2.29. The quantitative estimate of drug-likeness (QED) is 0.0529. The van der Waals surface area contributed by atoms with Crippen molar-refractivity contribution in [1.82, 2.24) is 69.1 Å². The molecule has 0 radical (unpaired) electrons. The summed E-state index contributed by atoms with van der Waals surface area (Å²) in [5, 5.41) is 72.3. The lowest BCUT2D eigenvalue weighted by Crippen LogP contribution is -2.37. The summed E-state index contributed by atoms with van der Waals surface area (Å²) < 4.78 is 47.1. The number of hydrogen-bond donors (Lipinski definition) is 5. The van der Waals surface area contributed by atoms with Gasteiger partial charge in [-0.2, -0.15) is 36.0 Å². The average molecular weight is 1930 g/mol. The van der Waals surface area contributed by atoms with Gasteiger partial charge in [-0.15, -0.1) is 23.2 Å². The predicted molar refractivity (Wildman–Crippen MR) is 521 cm³/mol. The molecule has 6 N–H and O–H groups in total. The Morgan fingerprint density at radius 1 is 0.496 bits per heavy atom. The number of nitrogens with two attached hydrogens (primary N) is 1. The van der Waals surface area contributed by atoms with Crippen LogP contribution in [0.5, 0.6) is 0 Å². The van der Waals surface area contributed by atoms with E-state index in [-0.39, 0.29) is 106 Å². The molecule has 6 aliphatic heterocycles. The molecular formula is C100H114Cl3F2N21O11. The van der Waals surface area contributed by atoms with Crippen LogP contribution >= 0.6 is 34.8 Å². The van der Waals surface area contributed by atoms with Crippen LogP contribution in [0.15, 0.2) is 201 Å². The lowest BCUT2D eigenvalue weighted by atomic mass is 10.0. The van der Waals surface area contributed by atoms with E-state index in [1.807, 2.05) is 116 Å². The van der Waals surface area contributed by atoms with Crippen molar-refractivity contribution >= 4 is 99.5 Å². The zero-order chi connectivity index (χ0) is 97.2. The van der Waals surface area contributed by atoms with Gasteiger partial charge in [0.15, 0.2) is 17.5 Å². The van der Waals surface area contributed by atoms with Crippen molar-refractivity contribution in [2.45, 2.75) is 175 Å². The SMILES string of the molecule is C.CC(C)(C)OC(=O)N1Cc2nc(-c3c(F)cccc3C#N)cc(-n3ccc(N4CCC(O)CC4)n3)c2C1=O.CC(C)(C)OC(=O)N1Cc2nc(-c3c(F)cccc3C#N)cc(Cl)c2C1=O.Nc1ccn(Cc2ccccc2)n1.O=C(CCCl)CCCl.O=C1CCN(c2ccn(Cc3ccccc3)n2)CC1.OC1CCN(c2ccn(Cc3ccccc3)n2)CC1.OC1CCN(c2ccn[nH]2)CC1. The number of pyridine rings is 2. The van der Waals surface area contributed by atoms with E-state index >= 15 is 0 Å². The van der Waals surface area contributed by atoms with Crippen molar-refractivity contribution in [3.05, 3.63) is 268 Å². The highest BCUT2D eigenvalue weighted by atomic mass is 35.5. The number of hydrogen-bond acceptors (Lipinski definition) is 25. The molecule has 32 nitrogen and oxygen atoms in total. The van der Waals surface area contributed by atoms with E-state index in [1.54, 1.807) is 66.1 Å². The highest BCUT2D eigenvalue weighted by Gasteiger charge is 2.41. The molecule has 0 saturated carbocycles. The fraction of sp³-hybridized carbons (Fsp3) is 0.370. The third kappa shape index (κ3) is 29.4. The van der Waals surface area contributed by atoms with Crippen LogP contribution in [0, 0.1) is 34.3 Å². The number of aromatic amines is 1. The second-order valence-electron chi connectivity index (χ2n) is 34.7. The van der Waals surface area contributed by atoms with Crippen molar-refractivity contribution in [2.24, 2.45) is 0 Å². The summed E-state index contributed by atoms with van der Waals surface area (Å²) in [6.07, 6.45) is 13.9. The number of anilines is 5. The normalized spacial score (nSPS) is 14.8. The fourth-order valence-corrected chi connectivity index (χ4v) is 16.0. The van der Waals surface area contributed by atoms with Gasteiger partial charge in [0.1, 0.15) is 46.0 Å². The maximum atomic E-state index is 15.0. The minimum Gasteiger partial charge on any atom is -0.443 e. The first-order chi connectivity index (χ1) is 65.3. The number of aliphatic hydroxyl groups is 3. The number of nitriles is 2. The largest absolute Gasteiger partial charge is 0.443 e. The number of ketones is 2. The summed E-state index contributed by atoms with van der Waals surface area (Å²) in [5.41, 5.74) is 9.06. The van der Waals surface area contributed by atoms with Gasteiger partial charge in [-0.3, -0.25) is 38.3 Å². The van der Waals surface area contributed by atoms with E-state index < -0.39 is 46.8 Å². The number of halogens is 5. The van der Waals surface area contributed by atoms with Gasteiger partial charge in [-0.25, -0.2) is 42.8 Å². The topological polar surface area (TPSA) is 400 Å². The molecule has 5 aromatic carbocycles. The molecule has 0 atom stereocenters. The number of rotatable bonds is 17. The summed E-state index contributed by atoms with van der Waals surface area (Å²) in [6.45, 7) is 18.7. The van der Waals surface area contributed by atoms with Crippen molar-refractivity contribution < 1.29 is 62.3 Å². The van der Waals surface area contributed by atoms with Gasteiger partial charge in [-0.1, -0.05) is 122 Å². The number of ether oxygens (including phenoxy) is 2. The van der Waals surface area contributed by atoms with E-state index in [2.05, 4.69) is 97.7 Å². The number of nitrogens with one attached hydrogen (secondary N) is 1. The summed E-state index contributed by atoms with van der Waals surface area (Å²) >= 11 is 16.8. The number of aliphatic hydroxyl groups excluding tert-OH is 3. The summed E-state index contributed by atoms with van der Waals surface area (Å²) in [5.74, 6) is 3.11. The number of piperidine rings is 4. The Labute approximate surface area is 809 Å². The molecule has 6 aliphatic rings. The van der Waals surface area contributed by atoms with Gasteiger partial charge in [0.2, 0.25) is 0 Å². The van der Waals surface area contributed by atoms with E-state index in [4.69, 9.17) is 50.0 Å². The van der Waals surface area contributed by atoms with Crippen molar-refractivity contribution in [3.63, 3.8) is 0 Å². The molecule has 137 heavy (non-hydrogen) atoms. The van der Waals surface area contributed by atoms with Crippen LogP contribution in [0.2, 0.25) is 5.02 Å². The van der Waals surface area contributed by atoms with Crippen LogP contribution in [-0.2, 0) is 51.8 Å². The monoisotopic (exact) mass is 1930 g/mol. The molecule has 7 aromatic heterocycles. The first kappa shape index (κ1) is 104. The molecule has 13 heterocycles. The van der Waals surface area contributed by atoms with E-state index in [1.165, 1.54) is 69.9 Å². The van der Waals surface area contributed by atoms with Crippen molar-refractivity contribution in [2.75, 3.05) is 89.5 Å². The standard InChI is InChI=1S/C27H27FN6O4.C19H15ClFN3O3.C15H19N3O.C15H17N3O.C10H11N3.C8H13N3O.C5H8Cl2O.CH4/c1-27(2,3)38-26(37)33-15-20-24(25(33)36)21(13-19(30-20)23-16(14-29)5-4-6-18(23)28)34-12-9-22(31-34)32-10-7-17(35)8-11-32;1-19(2,3)27-18(26)24-9-14-16(17(24)25)11(20)7-13(23-14)15-10(8-22)5-4-6-12(15)21;2*19-14-6-9-17(10-7-14)15-8-11-18(16-15)12-13-4-2-1-3-5-13;11-10-6-7-13(12-10)8-9-4-2-1-3-5-9;12-7-2-5-11(6-3-7)8-1-4-9-10-8;6-3-1-5(8)2-4-7;/h4-6,9,12-13,17,35H,7-8,10-11,15H2,1-3H3;4-7H,9H2,1-3H3;1-5,8,11,14,19H,6-7,9-10,12H2;1-5,8,11H,6-7,9-10,12H2;1-7H,8H2,(H2,11,12);1,4,7,12H,2-3,5-6H2,(H,9,10);1-4H2;1H4.